The van der Waals surface area contributed by atoms with Crippen LogP contribution in [0.25, 0.3) is 0 Å². The quantitative estimate of drug-likeness (QED) is 0.0360. The fourth-order valence-electron chi connectivity index (χ4n) is 12.0. The largest absolute Gasteiger partial charge is 0.414 e. The van der Waals surface area contributed by atoms with Crippen molar-refractivity contribution in [2.75, 3.05) is 13.2 Å². The predicted molar refractivity (Wildman–Crippen MR) is 288 cm³/mol. The van der Waals surface area contributed by atoms with E-state index in [0.717, 1.165) is 51.1 Å². The van der Waals surface area contributed by atoms with E-state index >= 15 is 0 Å². The Kier molecular flexibility index (Phi) is 30.5. The molecule has 0 aromatic rings. The van der Waals surface area contributed by atoms with E-state index in [1.54, 1.807) is 0 Å². The minimum atomic E-state index is -1.99. The Balaban J connectivity index is 2.60. The van der Waals surface area contributed by atoms with Gasteiger partial charge in [-0.25, -0.2) is 0 Å². The van der Waals surface area contributed by atoms with Crippen molar-refractivity contribution in [3.8, 4) is 0 Å². The van der Waals surface area contributed by atoms with Gasteiger partial charge in [-0.15, -0.1) is 0 Å². The van der Waals surface area contributed by atoms with Crippen molar-refractivity contribution < 1.29 is 28.7 Å². The summed E-state index contributed by atoms with van der Waals surface area (Å²) in [6.07, 6.45) is 46.3. The number of unbranched alkanes of at least 4 members (excludes halogenated alkanes) is 22. The SMILES string of the molecule is CC(C)(C)[Si](C)(C)OC1CCC(CCCCCCCCCO)(CC(CCCCCCCO)C2CC(O[Si](C)(C)C(C)(C)C)CC2(CCCCCCCCC=O)CCCCCCCCC=O)C1. The number of aliphatic hydroxyl groups is 2. The van der Waals surface area contributed by atoms with Crippen LogP contribution in [-0.4, -0.2) is 64.8 Å². The number of rotatable bonds is 41. The van der Waals surface area contributed by atoms with Crippen LogP contribution in [0.1, 0.15) is 273 Å². The Bertz CT molecular complexity index is 1220. The van der Waals surface area contributed by atoms with E-state index in [2.05, 4.69) is 67.7 Å². The molecule has 0 saturated heterocycles. The first-order chi connectivity index (χ1) is 31.3. The summed E-state index contributed by atoms with van der Waals surface area (Å²) in [5.74, 6) is 1.36. The molecule has 0 amide bonds. The lowest BCUT2D eigenvalue weighted by Crippen LogP contribution is -2.43. The molecule has 66 heavy (non-hydrogen) atoms. The first kappa shape index (κ1) is 61.7. The number of aliphatic hydroxyl groups excluding tert-OH is 2. The van der Waals surface area contributed by atoms with Crippen LogP contribution in [0, 0.1) is 22.7 Å². The molecular weight excluding hydrogens is 849 g/mol. The second-order valence-corrected chi connectivity index (χ2v) is 35.0. The maximum atomic E-state index is 11.0. The summed E-state index contributed by atoms with van der Waals surface area (Å²) in [6, 6.07) is 0. The molecule has 0 spiro atoms. The standard InChI is InChI=1S/C58H114O6Si2/c1-55(2,3)65(7,8)63-52-38-42-57(49-52,39-30-22-14-11-17-25-33-43-59)48-51(37-29-21-20-28-36-46-62)54-47-53(64-66(9,10)56(4,5)6)50-58(54,40-31-23-15-12-18-26-34-44-60)41-32-24-16-13-19-27-35-45-61/h44-45,51-54,59,62H,11-43,46-50H2,1-10H3. The molecule has 0 bridgehead atoms. The maximum Gasteiger partial charge on any atom is 0.192 e. The molecule has 2 aliphatic carbocycles. The van der Waals surface area contributed by atoms with Gasteiger partial charge in [-0.2, -0.15) is 0 Å². The lowest BCUT2D eigenvalue weighted by atomic mass is 9.61. The van der Waals surface area contributed by atoms with Crippen LogP contribution in [0.2, 0.25) is 36.3 Å². The lowest BCUT2D eigenvalue weighted by molar-refractivity contribution is -0.108. The Morgan fingerprint density at radius 3 is 1.36 bits per heavy atom. The molecule has 2 saturated carbocycles. The van der Waals surface area contributed by atoms with Crippen molar-refractivity contribution in [3.05, 3.63) is 0 Å². The van der Waals surface area contributed by atoms with E-state index in [9.17, 15) is 19.8 Å². The Morgan fingerprint density at radius 2 is 0.924 bits per heavy atom. The number of hydrogen-bond donors (Lipinski definition) is 2. The molecule has 2 rings (SSSR count). The molecule has 0 heterocycles. The highest BCUT2D eigenvalue weighted by atomic mass is 28.4. The van der Waals surface area contributed by atoms with Crippen molar-refractivity contribution in [1.82, 2.24) is 0 Å². The molecule has 5 atom stereocenters. The summed E-state index contributed by atoms with van der Waals surface area (Å²) in [7, 11) is -3.90. The van der Waals surface area contributed by atoms with Crippen molar-refractivity contribution >= 4 is 29.2 Å². The third-order valence-corrected chi connectivity index (χ3v) is 27.1. The molecule has 0 radical (unpaired) electrons. The zero-order chi connectivity index (χ0) is 49.0. The first-order valence-corrected chi connectivity index (χ1v) is 34.6. The van der Waals surface area contributed by atoms with E-state index in [-0.39, 0.29) is 10.1 Å². The summed E-state index contributed by atoms with van der Waals surface area (Å²) in [5, 5.41) is 19.3. The minimum absolute atomic E-state index is 0.182. The molecule has 6 nitrogen and oxygen atoms in total. The number of carbonyl (C=O) groups is 2. The fraction of sp³-hybridized carbons (Fsp3) is 0.966. The van der Waals surface area contributed by atoms with Gasteiger partial charge < -0.3 is 28.7 Å². The minimum Gasteiger partial charge on any atom is -0.414 e. The van der Waals surface area contributed by atoms with E-state index < -0.39 is 16.6 Å². The van der Waals surface area contributed by atoms with Crippen molar-refractivity contribution in [2.45, 2.75) is 321 Å². The predicted octanol–water partition coefficient (Wildman–Crippen LogP) is 17.4. The van der Waals surface area contributed by atoms with Gasteiger partial charge >= 0.3 is 0 Å². The van der Waals surface area contributed by atoms with Crippen LogP contribution in [0.4, 0.5) is 0 Å². The molecule has 2 aliphatic rings. The van der Waals surface area contributed by atoms with Gasteiger partial charge in [0, 0.05) is 38.3 Å². The Morgan fingerprint density at radius 1 is 0.530 bits per heavy atom. The first-order valence-electron chi connectivity index (χ1n) is 28.8. The molecule has 2 fully saturated rings. The molecule has 8 heteroatoms. The molecule has 2 N–H and O–H groups in total. The molecule has 0 aliphatic heterocycles. The maximum absolute atomic E-state index is 11.0. The van der Waals surface area contributed by atoms with Crippen LogP contribution in [0.15, 0.2) is 0 Å². The Labute approximate surface area is 413 Å². The molecule has 0 aromatic carbocycles. The van der Waals surface area contributed by atoms with Gasteiger partial charge in [-0.05, 0) is 142 Å². The van der Waals surface area contributed by atoms with Gasteiger partial charge in [0.05, 0.1) is 0 Å². The lowest BCUT2D eigenvalue weighted by Gasteiger charge is -2.44. The smallest absolute Gasteiger partial charge is 0.192 e. The van der Waals surface area contributed by atoms with Crippen molar-refractivity contribution in [3.63, 3.8) is 0 Å². The normalized spacial score (nSPS) is 22.0. The third-order valence-electron chi connectivity index (χ3n) is 18.0. The second-order valence-electron chi connectivity index (χ2n) is 25.5. The van der Waals surface area contributed by atoms with Gasteiger partial charge in [0.15, 0.2) is 16.6 Å². The number of aldehydes is 2. The van der Waals surface area contributed by atoms with Crippen LogP contribution in [-0.2, 0) is 18.4 Å². The zero-order valence-electron chi connectivity index (χ0n) is 45.9. The summed E-state index contributed by atoms with van der Waals surface area (Å²) in [4.78, 5) is 22.0. The van der Waals surface area contributed by atoms with Crippen molar-refractivity contribution in [2.24, 2.45) is 22.7 Å². The van der Waals surface area contributed by atoms with Crippen LogP contribution < -0.4 is 0 Å². The number of carbonyl (C=O) groups excluding carboxylic acids is 2. The third kappa shape index (κ3) is 23.2. The monoisotopic (exact) mass is 963 g/mol. The molecular formula is C58H114O6Si2. The van der Waals surface area contributed by atoms with Crippen molar-refractivity contribution in [1.29, 1.82) is 0 Å². The highest BCUT2D eigenvalue weighted by Crippen LogP contribution is 2.60. The van der Waals surface area contributed by atoms with Crippen LogP contribution >= 0.6 is 0 Å². The Hall–Kier alpha value is -0.386. The van der Waals surface area contributed by atoms with E-state index in [4.69, 9.17) is 8.85 Å². The van der Waals surface area contributed by atoms with Crippen LogP contribution in [0.5, 0.6) is 0 Å². The summed E-state index contributed by atoms with van der Waals surface area (Å²) in [5.41, 5.74) is 0.633. The average molecular weight is 964 g/mol. The second kappa shape index (κ2) is 32.6. The number of hydrogen-bond acceptors (Lipinski definition) is 6. The van der Waals surface area contributed by atoms with E-state index in [0.29, 0.717) is 60.9 Å². The fourth-order valence-corrected chi connectivity index (χ4v) is 14.8. The van der Waals surface area contributed by atoms with Crippen LogP contribution in [0.3, 0.4) is 0 Å². The molecule has 390 valence electrons. The van der Waals surface area contributed by atoms with E-state index in [1.165, 1.54) is 180 Å². The van der Waals surface area contributed by atoms with Gasteiger partial charge in [-0.3, -0.25) is 0 Å². The summed E-state index contributed by atoms with van der Waals surface area (Å²) < 4.78 is 14.9. The highest BCUT2D eigenvalue weighted by Gasteiger charge is 2.54. The van der Waals surface area contributed by atoms with E-state index in [1.807, 2.05) is 0 Å². The highest BCUT2D eigenvalue weighted by molar-refractivity contribution is 6.74. The van der Waals surface area contributed by atoms with Gasteiger partial charge in [0.25, 0.3) is 0 Å². The average Bonchev–Trinajstić information content (AvgIpc) is 3.80. The zero-order valence-corrected chi connectivity index (χ0v) is 47.9. The summed E-state index contributed by atoms with van der Waals surface area (Å²) in [6.45, 7) is 25.0. The summed E-state index contributed by atoms with van der Waals surface area (Å²) >= 11 is 0. The molecule has 0 aromatic heterocycles. The van der Waals surface area contributed by atoms with Gasteiger partial charge in [0.2, 0.25) is 0 Å². The van der Waals surface area contributed by atoms with Gasteiger partial charge in [-0.1, -0.05) is 176 Å². The molecule has 5 unspecified atom stereocenters. The topological polar surface area (TPSA) is 93.1 Å². The van der Waals surface area contributed by atoms with Gasteiger partial charge in [0.1, 0.15) is 12.6 Å².